The number of nitrogens with zero attached hydrogens (tertiary/aromatic N) is 6. The number of imidazole rings is 1. The number of amides is 1. The van der Waals surface area contributed by atoms with Crippen LogP contribution in [0.4, 0.5) is 0 Å². The molecule has 4 aromatic heterocycles. The van der Waals surface area contributed by atoms with Crippen LogP contribution in [0.3, 0.4) is 0 Å². The highest BCUT2D eigenvalue weighted by Crippen LogP contribution is 2.46. The molecule has 0 radical (unpaired) electrons. The van der Waals surface area contributed by atoms with Crippen LogP contribution in [0.15, 0.2) is 164 Å². The predicted molar refractivity (Wildman–Crippen MR) is 207 cm³/mol. The van der Waals surface area contributed by atoms with Crippen molar-refractivity contribution in [3.63, 3.8) is 0 Å². The van der Waals surface area contributed by atoms with Crippen molar-refractivity contribution in [2.75, 3.05) is 26.3 Å². The first-order valence-corrected chi connectivity index (χ1v) is 18.1. The molecule has 1 amide bonds. The number of morpholine rings is 1. The first-order valence-electron chi connectivity index (χ1n) is 18.1. The molecule has 9 rings (SSSR count). The predicted octanol–water partition coefficient (Wildman–Crippen LogP) is 8.32. The standard InChI is InChI=1S/C45H38N6O2/c52-44(49-26-28-53-29-27-49)34-21-19-33(20-22-34)43-39(35-23-24-42-47-30-41(50(42)31-35)40-18-10-11-25-46-40)32-51(48-43)45(36-12-4-1-5-13-36,37-14-6-2-7-15-37)38-16-8-3-9-17-38/h1-16,18-25,30-32,38H,17,26-29H2. The highest BCUT2D eigenvalue weighted by Gasteiger charge is 2.44. The number of rotatable bonds is 8. The number of carbonyl (C=O) groups is 1. The molecule has 1 fully saturated rings. The van der Waals surface area contributed by atoms with Crippen molar-refractivity contribution in [2.24, 2.45) is 5.92 Å². The quantitative estimate of drug-likeness (QED) is 0.160. The van der Waals surface area contributed by atoms with Gasteiger partial charge < -0.3 is 9.64 Å². The van der Waals surface area contributed by atoms with E-state index in [0.717, 1.165) is 57.0 Å². The maximum absolute atomic E-state index is 13.4. The smallest absolute Gasteiger partial charge is 0.254 e. The lowest BCUT2D eigenvalue weighted by molar-refractivity contribution is 0.0303. The Morgan fingerprint density at radius 3 is 2.13 bits per heavy atom. The van der Waals surface area contributed by atoms with Gasteiger partial charge in [-0.3, -0.25) is 18.9 Å². The van der Waals surface area contributed by atoms with Crippen LogP contribution in [0.2, 0.25) is 0 Å². The van der Waals surface area contributed by atoms with Gasteiger partial charge in [0.25, 0.3) is 5.91 Å². The molecule has 1 unspecified atom stereocenters. The highest BCUT2D eigenvalue weighted by molar-refractivity contribution is 5.95. The molecule has 1 aliphatic carbocycles. The van der Waals surface area contributed by atoms with Crippen LogP contribution in [-0.4, -0.2) is 61.3 Å². The van der Waals surface area contributed by atoms with E-state index in [2.05, 4.69) is 117 Å². The third kappa shape index (κ3) is 5.87. The minimum atomic E-state index is -0.679. The second-order valence-corrected chi connectivity index (χ2v) is 13.5. The lowest BCUT2D eigenvalue weighted by Gasteiger charge is -2.41. The van der Waals surface area contributed by atoms with Crippen LogP contribution in [0.25, 0.3) is 39.4 Å². The summed E-state index contributed by atoms with van der Waals surface area (Å²) in [5.74, 6) is 0.0841. The summed E-state index contributed by atoms with van der Waals surface area (Å²) in [5, 5.41) is 5.58. The second-order valence-electron chi connectivity index (χ2n) is 13.5. The van der Waals surface area contributed by atoms with E-state index in [-0.39, 0.29) is 11.8 Å². The van der Waals surface area contributed by atoms with Crippen molar-refractivity contribution in [3.8, 4) is 33.8 Å². The van der Waals surface area contributed by atoms with Crippen molar-refractivity contribution in [3.05, 3.63) is 181 Å². The van der Waals surface area contributed by atoms with E-state index in [0.29, 0.717) is 31.9 Å². The molecule has 2 aliphatic rings. The Bertz CT molecular complexity index is 2390. The number of hydrogen-bond donors (Lipinski definition) is 0. The molecule has 0 spiro atoms. The number of hydrogen-bond acceptors (Lipinski definition) is 5. The van der Waals surface area contributed by atoms with Crippen LogP contribution in [0, 0.1) is 5.92 Å². The normalized spacial score (nSPS) is 15.9. The maximum atomic E-state index is 13.4. The zero-order chi connectivity index (χ0) is 35.6. The Hall–Kier alpha value is -6.38. The lowest BCUT2D eigenvalue weighted by atomic mass is 9.70. The van der Waals surface area contributed by atoms with Crippen LogP contribution in [-0.2, 0) is 10.3 Å². The summed E-state index contributed by atoms with van der Waals surface area (Å²) < 4.78 is 9.77. The Labute approximate surface area is 308 Å². The molecule has 1 aliphatic heterocycles. The molecule has 8 nitrogen and oxygen atoms in total. The molecule has 0 saturated carbocycles. The Kier molecular flexibility index (Phi) is 8.57. The van der Waals surface area contributed by atoms with Crippen molar-refractivity contribution >= 4 is 11.6 Å². The van der Waals surface area contributed by atoms with E-state index in [1.807, 2.05) is 59.6 Å². The number of pyridine rings is 2. The highest BCUT2D eigenvalue weighted by atomic mass is 16.5. The van der Waals surface area contributed by atoms with Crippen molar-refractivity contribution in [1.29, 1.82) is 0 Å². The van der Waals surface area contributed by atoms with Crippen LogP contribution in [0.1, 0.15) is 27.9 Å². The van der Waals surface area contributed by atoms with Crippen molar-refractivity contribution in [1.82, 2.24) is 29.0 Å². The molecule has 1 atom stereocenters. The monoisotopic (exact) mass is 694 g/mol. The maximum Gasteiger partial charge on any atom is 0.254 e. The molecule has 5 heterocycles. The van der Waals surface area contributed by atoms with Crippen LogP contribution < -0.4 is 0 Å². The van der Waals surface area contributed by atoms with E-state index in [1.165, 1.54) is 0 Å². The van der Waals surface area contributed by atoms with Gasteiger partial charge >= 0.3 is 0 Å². The summed E-state index contributed by atoms with van der Waals surface area (Å²) in [6, 6.07) is 39.4. The van der Waals surface area contributed by atoms with Gasteiger partial charge in [-0.25, -0.2) is 4.98 Å². The molecular formula is C45H38N6O2. The molecule has 3 aromatic carbocycles. The van der Waals surface area contributed by atoms with Gasteiger partial charge in [0.1, 0.15) is 16.9 Å². The summed E-state index contributed by atoms with van der Waals surface area (Å²) in [7, 11) is 0. The average Bonchev–Trinajstić information content (AvgIpc) is 3.88. The fourth-order valence-electron chi connectivity index (χ4n) is 7.85. The van der Waals surface area contributed by atoms with Gasteiger partial charge in [-0.05, 0) is 53.9 Å². The van der Waals surface area contributed by atoms with E-state index in [4.69, 9.17) is 14.8 Å². The first kappa shape index (κ1) is 32.5. The van der Waals surface area contributed by atoms with E-state index in [1.54, 1.807) is 6.20 Å². The minimum Gasteiger partial charge on any atom is -0.378 e. The third-order valence-corrected chi connectivity index (χ3v) is 10.5. The summed E-state index contributed by atoms with van der Waals surface area (Å²) in [6.07, 6.45) is 17.7. The number of fused-ring (bicyclic) bond motifs is 1. The van der Waals surface area contributed by atoms with Gasteiger partial charge in [0.2, 0.25) is 0 Å². The Morgan fingerprint density at radius 1 is 0.736 bits per heavy atom. The van der Waals surface area contributed by atoms with Gasteiger partial charge in [-0.1, -0.05) is 103 Å². The minimum absolute atomic E-state index is 0.0162. The number of carbonyl (C=O) groups excluding carboxylic acids is 1. The zero-order valence-electron chi connectivity index (χ0n) is 29.2. The summed E-state index contributed by atoms with van der Waals surface area (Å²) in [4.78, 5) is 24.6. The number of benzene rings is 3. The zero-order valence-corrected chi connectivity index (χ0v) is 29.2. The molecule has 0 bridgehead atoms. The van der Waals surface area contributed by atoms with Crippen molar-refractivity contribution < 1.29 is 9.53 Å². The fraction of sp³-hybridized carbons (Fsp3) is 0.156. The summed E-state index contributed by atoms with van der Waals surface area (Å²) in [6.45, 7) is 2.31. The van der Waals surface area contributed by atoms with Crippen LogP contribution >= 0.6 is 0 Å². The second kappa shape index (κ2) is 14.0. The molecule has 0 N–H and O–H groups in total. The van der Waals surface area contributed by atoms with E-state index < -0.39 is 5.54 Å². The average molecular weight is 695 g/mol. The SMILES string of the molecule is O=C(c1ccc(-c2nn(C(c3ccccc3)(c3ccccc3)C3C=CC=CC3)cc2-c2ccc3ncc(-c4ccccn4)n3c2)cc1)N1CCOCC1. The Morgan fingerprint density at radius 2 is 1.45 bits per heavy atom. The number of allylic oxidation sites excluding steroid dienone is 4. The van der Waals surface area contributed by atoms with E-state index >= 15 is 0 Å². The molecular weight excluding hydrogens is 657 g/mol. The van der Waals surface area contributed by atoms with Crippen LogP contribution in [0.5, 0.6) is 0 Å². The molecule has 1 saturated heterocycles. The van der Waals surface area contributed by atoms with Gasteiger partial charge in [-0.2, -0.15) is 5.10 Å². The summed E-state index contributed by atoms with van der Waals surface area (Å²) >= 11 is 0. The lowest BCUT2D eigenvalue weighted by Crippen LogP contribution is -2.43. The van der Waals surface area contributed by atoms with Gasteiger partial charge in [0.15, 0.2) is 0 Å². The molecule has 53 heavy (non-hydrogen) atoms. The van der Waals surface area contributed by atoms with Gasteiger partial charge in [0.05, 0.1) is 30.8 Å². The number of ether oxygens (including phenoxy) is 1. The molecule has 8 heteroatoms. The van der Waals surface area contributed by atoms with E-state index in [9.17, 15) is 4.79 Å². The van der Waals surface area contributed by atoms with Crippen molar-refractivity contribution in [2.45, 2.75) is 12.0 Å². The first-order chi connectivity index (χ1) is 26.2. The largest absolute Gasteiger partial charge is 0.378 e. The topological polar surface area (TPSA) is 77.5 Å². The molecule has 260 valence electrons. The third-order valence-electron chi connectivity index (χ3n) is 10.5. The fourth-order valence-corrected chi connectivity index (χ4v) is 7.85. The molecule has 7 aromatic rings. The van der Waals surface area contributed by atoms with Gasteiger partial charge in [-0.15, -0.1) is 0 Å². The summed E-state index contributed by atoms with van der Waals surface area (Å²) in [5.41, 5.74) is 8.53. The number of aromatic nitrogens is 5. The van der Waals surface area contributed by atoms with Gasteiger partial charge in [0, 0.05) is 59.9 Å². The Balaban J connectivity index is 1.26.